The molecular weight excluding hydrogens is 385 g/mol. The standard InChI is InChI=1S/C15H26INO4/c1-14(2,3)21-13(19)17-7-6-10(9-15(4,5)20)8-11(17)12(16)18/h10-11,20H,6-9H2,1-5H3. The lowest BCUT2D eigenvalue weighted by molar-refractivity contribution is -0.116. The highest BCUT2D eigenvalue weighted by molar-refractivity contribution is 14.1. The minimum absolute atomic E-state index is 0.0566. The number of aliphatic hydroxyl groups is 1. The van der Waals surface area contributed by atoms with Crippen LogP contribution in [0.5, 0.6) is 0 Å². The molecule has 0 aromatic rings. The summed E-state index contributed by atoms with van der Waals surface area (Å²) in [4.78, 5) is 25.6. The average molecular weight is 411 g/mol. The number of carbonyl (C=O) groups excluding carboxylic acids is 2. The summed E-state index contributed by atoms with van der Waals surface area (Å²) in [6.45, 7) is 9.48. The Morgan fingerprint density at radius 2 is 1.86 bits per heavy atom. The molecule has 5 nitrogen and oxygen atoms in total. The van der Waals surface area contributed by atoms with Crippen molar-refractivity contribution in [3.05, 3.63) is 0 Å². The summed E-state index contributed by atoms with van der Waals surface area (Å²) in [5.74, 6) is 0.243. The Bertz CT molecular complexity index is 397. The number of likely N-dealkylation sites (tertiary alicyclic amines) is 1. The van der Waals surface area contributed by atoms with E-state index in [4.69, 9.17) is 4.74 Å². The normalized spacial score (nSPS) is 23.9. The molecule has 0 spiro atoms. The van der Waals surface area contributed by atoms with Crippen LogP contribution < -0.4 is 0 Å². The molecule has 0 saturated carbocycles. The van der Waals surface area contributed by atoms with Gasteiger partial charge >= 0.3 is 6.09 Å². The second-order valence-electron chi connectivity index (χ2n) is 7.40. The van der Waals surface area contributed by atoms with E-state index in [0.717, 1.165) is 6.42 Å². The van der Waals surface area contributed by atoms with Crippen LogP contribution in [-0.4, -0.2) is 43.7 Å². The molecule has 2 atom stereocenters. The first-order valence-corrected chi connectivity index (χ1v) is 8.38. The van der Waals surface area contributed by atoms with Gasteiger partial charge in [0.1, 0.15) is 11.6 Å². The monoisotopic (exact) mass is 411 g/mol. The number of carbonyl (C=O) groups is 2. The second-order valence-corrected chi connectivity index (χ2v) is 8.46. The fraction of sp³-hybridized carbons (Fsp3) is 0.867. The Kier molecular flexibility index (Phi) is 6.06. The van der Waals surface area contributed by atoms with E-state index in [0.29, 0.717) is 19.4 Å². The van der Waals surface area contributed by atoms with E-state index >= 15 is 0 Å². The van der Waals surface area contributed by atoms with E-state index in [1.165, 1.54) is 4.90 Å². The summed E-state index contributed by atoms with van der Waals surface area (Å²) in [5.41, 5.74) is -1.32. The molecule has 1 rings (SSSR count). The highest BCUT2D eigenvalue weighted by Crippen LogP contribution is 2.31. The zero-order valence-electron chi connectivity index (χ0n) is 13.5. The van der Waals surface area contributed by atoms with Crippen molar-refractivity contribution in [1.82, 2.24) is 4.90 Å². The highest BCUT2D eigenvalue weighted by Gasteiger charge is 2.38. The molecule has 0 bridgehead atoms. The first-order valence-electron chi connectivity index (χ1n) is 7.30. The summed E-state index contributed by atoms with van der Waals surface area (Å²) in [6.07, 6.45) is 1.57. The van der Waals surface area contributed by atoms with Gasteiger partial charge in [0.25, 0.3) is 0 Å². The summed E-state index contributed by atoms with van der Waals surface area (Å²) >= 11 is 1.74. The van der Waals surface area contributed by atoms with Gasteiger partial charge in [0, 0.05) is 29.1 Å². The number of hydrogen-bond acceptors (Lipinski definition) is 4. The average Bonchev–Trinajstić information content (AvgIpc) is 2.23. The van der Waals surface area contributed by atoms with Gasteiger partial charge in [-0.15, -0.1) is 0 Å². The lowest BCUT2D eigenvalue weighted by Crippen LogP contribution is -2.51. The first-order chi connectivity index (χ1) is 9.39. The van der Waals surface area contributed by atoms with E-state index in [-0.39, 0.29) is 9.71 Å². The van der Waals surface area contributed by atoms with Gasteiger partial charge in [-0.1, -0.05) is 0 Å². The molecule has 0 aromatic carbocycles. The predicted molar refractivity (Wildman–Crippen MR) is 89.4 cm³/mol. The Morgan fingerprint density at radius 3 is 2.29 bits per heavy atom. The molecule has 0 radical (unpaired) electrons. The maximum Gasteiger partial charge on any atom is 0.410 e. The Labute approximate surface area is 140 Å². The fourth-order valence-electron chi connectivity index (χ4n) is 2.68. The molecule has 0 aromatic heterocycles. The van der Waals surface area contributed by atoms with Crippen LogP contribution in [-0.2, 0) is 9.53 Å². The minimum Gasteiger partial charge on any atom is -0.444 e. The SMILES string of the molecule is CC(C)(O)CC1CCN(C(=O)OC(C)(C)C)C(C(=O)I)C1. The van der Waals surface area contributed by atoms with Crippen molar-refractivity contribution in [3.63, 3.8) is 0 Å². The molecule has 1 aliphatic heterocycles. The molecule has 1 saturated heterocycles. The molecule has 2 unspecified atom stereocenters. The zero-order valence-corrected chi connectivity index (χ0v) is 15.6. The van der Waals surface area contributed by atoms with E-state index < -0.39 is 23.3 Å². The van der Waals surface area contributed by atoms with Crippen molar-refractivity contribution in [1.29, 1.82) is 0 Å². The lowest BCUT2D eigenvalue weighted by Gasteiger charge is -2.39. The number of hydrogen-bond donors (Lipinski definition) is 1. The molecule has 1 heterocycles. The van der Waals surface area contributed by atoms with Crippen LogP contribution in [0.2, 0.25) is 0 Å². The first kappa shape index (κ1) is 18.7. The predicted octanol–water partition coefficient (Wildman–Crippen LogP) is 3.12. The van der Waals surface area contributed by atoms with E-state index in [9.17, 15) is 14.7 Å². The van der Waals surface area contributed by atoms with Gasteiger partial charge < -0.3 is 9.84 Å². The topological polar surface area (TPSA) is 66.8 Å². The van der Waals surface area contributed by atoms with Gasteiger partial charge in [-0.3, -0.25) is 9.69 Å². The van der Waals surface area contributed by atoms with Gasteiger partial charge in [-0.25, -0.2) is 4.79 Å². The smallest absolute Gasteiger partial charge is 0.410 e. The number of piperidine rings is 1. The number of halogens is 1. The maximum absolute atomic E-state index is 12.2. The fourth-order valence-corrected chi connectivity index (χ4v) is 3.27. The third-order valence-corrected chi connectivity index (χ3v) is 4.11. The summed E-state index contributed by atoms with van der Waals surface area (Å²) in [7, 11) is 0. The molecule has 1 fully saturated rings. The number of rotatable bonds is 3. The highest BCUT2D eigenvalue weighted by atomic mass is 127. The van der Waals surface area contributed by atoms with Crippen molar-refractivity contribution in [2.45, 2.75) is 71.1 Å². The van der Waals surface area contributed by atoms with Crippen molar-refractivity contribution in [2.75, 3.05) is 6.54 Å². The minimum atomic E-state index is -0.752. The molecule has 1 amide bonds. The van der Waals surface area contributed by atoms with Crippen LogP contribution in [0.15, 0.2) is 0 Å². The second kappa shape index (κ2) is 6.81. The number of nitrogens with zero attached hydrogens (tertiary/aromatic N) is 1. The summed E-state index contributed by atoms with van der Waals surface area (Å²) in [5, 5.41) is 9.93. The number of amides is 1. The van der Waals surface area contributed by atoms with Gasteiger partial charge in [-0.2, -0.15) is 0 Å². The number of ether oxygens (including phenoxy) is 1. The van der Waals surface area contributed by atoms with Crippen molar-refractivity contribution >= 4 is 32.5 Å². The third kappa shape index (κ3) is 6.50. The lowest BCUT2D eigenvalue weighted by atomic mass is 9.83. The molecule has 1 N–H and O–H groups in total. The summed E-state index contributed by atoms with van der Waals surface area (Å²) < 4.78 is 5.32. The third-order valence-electron chi connectivity index (χ3n) is 3.39. The van der Waals surface area contributed by atoms with Crippen LogP contribution in [0.4, 0.5) is 4.79 Å². The molecule has 21 heavy (non-hydrogen) atoms. The van der Waals surface area contributed by atoms with E-state index in [1.807, 2.05) is 20.8 Å². The van der Waals surface area contributed by atoms with Crippen LogP contribution >= 0.6 is 22.6 Å². The van der Waals surface area contributed by atoms with Crippen LogP contribution in [0.1, 0.15) is 53.9 Å². The molecule has 6 heteroatoms. The van der Waals surface area contributed by atoms with Gasteiger partial charge in [0.05, 0.1) is 5.60 Å². The van der Waals surface area contributed by atoms with Crippen molar-refractivity contribution in [2.24, 2.45) is 5.92 Å². The summed E-state index contributed by atoms with van der Waals surface area (Å²) in [6, 6.07) is -0.457. The van der Waals surface area contributed by atoms with Gasteiger partial charge in [0.2, 0.25) is 3.79 Å². The zero-order chi connectivity index (χ0) is 16.4. The van der Waals surface area contributed by atoms with Crippen LogP contribution in [0.25, 0.3) is 0 Å². The molecular formula is C15H26INO4. The molecule has 122 valence electrons. The van der Waals surface area contributed by atoms with Crippen LogP contribution in [0.3, 0.4) is 0 Å². The maximum atomic E-state index is 12.2. The Balaban J connectivity index is 2.76. The van der Waals surface area contributed by atoms with E-state index in [1.54, 1.807) is 36.4 Å². The Hall–Kier alpha value is -0.370. The van der Waals surface area contributed by atoms with Gasteiger partial charge in [0.15, 0.2) is 0 Å². The Morgan fingerprint density at radius 1 is 1.29 bits per heavy atom. The van der Waals surface area contributed by atoms with Crippen molar-refractivity contribution in [3.8, 4) is 0 Å². The van der Waals surface area contributed by atoms with E-state index in [2.05, 4.69) is 0 Å². The van der Waals surface area contributed by atoms with Gasteiger partial charge in [-0.05, 0) is 59.8 Å². The quantitative estimate of drug-likeness (QED) is 0.573. The largest absolute Gasteiger partial charge is 0.444 e. The van der Waals surface area contributed by atoms with Crippen molar-refractivity contribution < 1.29 is 19.4 Å². The molecule has 1 aliphatic rings. The van der Waals surface area contributed by atoms with Crippen LogP contribution in [0, 0.1) is 5.92 Å². The molecule has 0 aliphatic carbocycles.